The van der Waals surface area contributed by atoms with Crippen molar-refractivity contribution in [1.82, 2.24) is 24.3 Å². The predicted molar refractivity (Wildman–Crippen MR) is 155 cm³/mol. The van der Waals surface area contributed by atoms with E-state index in [0.29, 0.717) is 50.9 Å². The van der Waals surface area contributed by atoms with Crippen LogP contribution in [0.25, 0.3) is 27.8 Å². The molecule has 0 radical (unpaired) electrons. The molecule has 3 N–H and O–H groups in total. The summed E-state index contributed by atoms with van der Waals surface area (Å²) in [6.07, 6.45) is 1.59. The van der Waals surface area contributed by atoms with Crippen LogP contribution in [0.1, 0.15) is 31.0 Å². The summed E-state index contributed by atoms with van der Waals surface area (Å²) in [6.45, 7) is 3.93. The number of hydrogen-bond donors (Lipinski definition) is 3. The molecule has 0 saturated heterocycles. The van der Waals surface area contributed by atoms with Crippen LogP contribution in [0.3, 0.4) is 0 Å². The number of nitriles is 1. The first-order valence-corrected chi connectivity index (χ1v) is 12.7. The van der Waals surface area contributed by atoms with Crippen molar-refractivity contribution in [2.24, 2.45) is 7.05 Å². The molecule has 2 aromatic carbocycles. The van der Waals surface area contributed by atoms with Gasteiger partial charge in [0.25, 0.3) is 5.56 Å². The Hall–Kier alpha value is -5.57. The number of hydrogen-bond acceptors (Lipinski definition) is 7. The number of carbonyl (C=O) groups excluding carboxylic acids is 1. The van der Waals surface area contributed by atoms with Gasteiger partial charge in [-0.1, -0.05) is 26.0 Å². The van der Waals surface area contributed by atoms with E-state index in [0.717, 1.165) is 0 Å². The number of amides is 2. The Balaban J connectivity index is 1.46. The molecule has 0 fully saturated rings. The number of fused-ring (bicyclic) bond motifs is 1. The molecule has 0 aliphatic rings. The van der Waals surface area contributed by atoms with Crippen molar-refractivity contribution < 1.29 is 9.18 Å². The summed E-state index contributed by atoms with van der Waals surface area (Å²) in [7, 11) is 3.28. The van der Waals surface area contributed by atoms with Crippen molar-refractivity contribution in [3.05, 3.63) is 88.2 Å². The van der Waals surface area contributed by atoms with Crippen molar-refractivity contribution in [3.8, 4) is 22.9 Å². The highest BCUT2D eigenvalue weighted by molar-refractivity contribution is 6.00. The van der Waals surface area contributed by atoms with Crippen LogP contribution in [0.5, 0.6) is 0 Å². The molecule has 41 heavy (non-hydrogen) atoms. The Morgan fingerprint density at radius 2 is 1.90 bits per heavy atom. The van der Waals surface area contributed by atoms with Gasteiger partial charge in [0, 0.05) is 37.3 Å². The van der Waals surface area contributed by atoms with Gasteiger partial charge in [0.2, 0.25) is 5.95 Å². The minimum absolute atomic E-state index is 0.0629. The van der Waals surface area contributed by atoms with Gasteiger partial charge in [-0.25, -0.2) is 18.9 Å². The van der Waals surface area contributed by atoms with Crippen LogP contribution in [0, 0.1) is 17.1 Å². The molecule has 11 nitrogen and oxygen atoms in total. The normalized spacial score (nSPS) is 11.0. The maximum absolute atomic E-state index is 14.8. The molecule has 0 saturated carbocycles. The number of nitrogens with zero attached hydrogens (tertiary/aromatic N) is 6. The lowest BCUT2D eigenvalue weighted by Crippen LogP contribution is -2.22. The Morgan fingerprint density at radius 3 is 2.63 bits per heavy atom. The SMILES string of the molecule is CNc1ncc2cc(-c3ccc(F)c(NC(=O)Nc4cc(C(C)C)nn4-c4cccc(C#N)c4)c3)c(=O)n(C)c2n1. The molecule has 5 rings (SSSR count). The summed E-state index contributed by atoms with van der Waals surface area (Å²) < 4.78 is 17.7. The Morgan fingerprint density at radius 1 is 1.10 bits per heavy atom. The van der Waals surface area contributed by atoms with E-state index in [4.69, 9.17) is 0 Å². The van der Waals surface area contributed by atoms with Crippen molar-refractivity contribution in [1.29, 1.82) is 5.26 Å². The van der Waals surface area contributed by atoms with E-state index < -0.39 is 11.8 Å². The Bertz CT molecular complexity index is 1900. The summed E-state index contributed by atoms with van der Waals surface area (Å²) in [5, 5.41) is 22.6. The summed E-state index contributed by atoms with van der Waals surface area (Å²) in [4.78, 5) is 34.8. The number of benzene rings is 2. The number of anilines is 3. The fraction of sp³-hybridized carbons (Fsp3) is 0.172. The van der Waals surface area contributed by atoms with Crippen molar-refractivity contribution >= 4 is 34.5 Å². The van der Waals surface area contributed by atoms with Gasteiger partial charge in [-0.2, -0.15) is 15.3 Å². The summed E-state index contributed by atoms with van der Waals surface area (Å²) >= 11 is 0. The highest BCUT2D eigenvalue weighted by Crippen LogP contribution is 2.27. The van der Waals surface area contributed by atoms with Gasteiger partial charge in [-0.3, -0.25) is 14.7 Å². The molecule has 206 valence electrons. The van der Waals surface area contributed by atoms with Crippen molar-refractivity contribution in [3.63, 3.8) is 0 Å². The third kappa shape index (κ3) is 5.33. The number of rotatable bonds is 6. The van der Waals surface area contributed by atoms with E-state index in [1.807, 2.05) is 13.8 Å². The lowest BCUT2D eigenvalue weighted by molar-refractivity contribution is 0.262. The average molecular weight is 552 g/mol. The Labute approximate surface area is 234 Å². The molecule has 2 amide bonds. The number of halogens is 1. The van der Waals surface area contributed by atoms with E-state index in [1.54, 1.807) is 56.7 Å². The topological polar surface area (TPSA) is 143 Å². The van der Waals surface area contributed by atoms with E-state index in [1.165, 1.54) is 27.4 Å². The number of nitrogens with one attached hydrogen (secondary N) is 3. The number of carbonyl (C=O) groups is 1. The molecule has 3 heterocycles. The van der Waals surface area contributed by atoms with Crippen LogP contribution in [0.2, 0.25) is 0 Å². The second-order valence-electron chi connectivity index (χ2n) is 9.60. The maximum atomic E-state index is 14.8. The van der Waals surface area contributed by atoms with Crippen LogP contribution in [0.4, 0.5) is 26.6 Å². The second kappa shape index (κ2) is 10.9. The van der Waals surface area contributed by atoms with Crippen molar-refractivity contribution in [2.45, 2.75) is 19.8 Å². The van der Waals surface area contributed by atoms with Gasteiger partial charge in [0.15, 0.2) is 0 Å². The Kier molecular flexibility index (Phi) is 7.18. The van der Waals surface area contributed by atoms with Gasteiger partial charge >= 0.3 is 6.03 Å². The first-order valence-electron chi connectivity index (χ1n) is 12.7. The number of pyridine rings is 1. The van der Waals surface area contributed by atoms with E-state index in [-0.39, 0.29) is 17.2 Å². The fourth-order valence-corrected chi connectivity index (χ4v) is 4.31. The molecule has 0 aliphatic carbocycles. The van der Waals surface area contributed by atoms with Crippen LogP contribution in [0.15, 0.2) is 65.6 Å². The van der Waals surface area contributed by atoms with Crippen molar-refractivity contribution in [2.75, 3.05) is 23.0 Å². The smallest absolute Gasteiger partial charge is 0.324 e. The molecular weight excluding hydrogens is 525 g/mol. The van der Waals surface area contributed by atoms with Gasteiger partial charge in [-0.05, 0) is 47.9 Å². The van der Waals surface area contributed by atoms with Gasteiger partial charge in [0.1, 0.15) is 17.3 Å². The lowest BCUT2D eigenvalue weighted by Gasteiger charge is -2.13. The molecule has 0 aliphatic heterocycles. The average Bonchev–Trinajstić information content (AvgIpc) is 3.40. The maximum Gasteiger partial charge on any atom is 0.324 e. The second-order valence-corrected chi connectivity index (χ2v) is 9.60. The standard InChI is InChI=1S/C29H26FN9O2/c1-16(2)23-13-25(39(37-23)20-7-5-6-17(10-20)14-31)35-29(41)34-24-12-18(8-9-22(24)30)21-11-19-15-33-28(32-3)36-26(19)38(4)27(21)40/h5-13,15-16H,1-4H3,(H,32,33,36)(H2,34,35,41). The first kappa shape index (κ1) is 27.0. The zero-order chi connectivity index (χ0) is 29.3. The highest BCUT2D eigenvalue weighted by atomic mass is 19.1. The summed E-state index contributed by atoms with van der Waals surface area (Å²) in [5.74, 6) is 0.0934. The zero-order valence-corrected chi connectivity index (χ0v) is 22.7. The van der Waals surface area contributed by atoms with E-state index in [2.05, 4.69) is 37.1 Å². The van der Waals surface area contributed by atoms with E-state index in [9.17, 15) is 19.2 Å². The largest absolute Gasteiger partial charge is 0.357 e. The number of aryl methyl sites for hydroxylation is 1. The van der Waals surface area contributed by atoms with Gasteiger partial charge in [0.05, 0.1) is 28.7 Å². The minimum Gasteiger partial charge on any atom is -0.357 e. The quantitative estimate of drug-likeness (QED) is 0.269. The zero-order valence-electron chi connectivity index (χ0n) is 22.7. The summed E-state index contributed by atoms with van der Waals surface area (Å²) in [5.41, 5.74) is 2.41. The molecule has 12 heteroatoms. The summed E-state index contributed by atoms with van der Waals surface area (Å²) in [6, 6.07) is 15.6. The molecule has 5 aromatic rings. The van der Waals surface area contributed by atoms with E-state index >= 15 is 0 Å². The number of urea groups is 1. The highest BCUT2D eigenvalue weighted by Gasteiger charge is 2.17. The first-order chi connectivity index (χ1) is 19.7. The number of aromatic nitrogens is 5. The fourth-order valence-electron chi connectivity index (χ4n) is 4.31. The lowest BCUT2D eigenvalue weighted by atomic mass is 10.1. The molecule has 0 atom stereocenters. The third-order valence-corrected chi connectivity index (χ3v) is 6.48. The van der Waals surface area contributed by atoms with Crippen LogP contribution in [-0.4, -0.2) is 37.4 Å². The third-order valence-electron chi connectivity index (χ3n) is 6.48. The minimum atomic E-state index is -0.714. The van der Waals surface area contributed by atoms with Gasteiger partial charge < -0.3 is 10.6 Å². The van der Waals surface area contributed by atoms with Crippen LogP contribution < -0.4 is 21.5 Å². The molecule has 0 unspecified atom stereocenters. The molecule has 0 spiro atoms. The van der Waals surface area contributed by atoms with Crippen LogP contribution in [-0.2, 0) is 7.05 Å². The predicted octanol–water partition coefficient (Wildman–Crippen LogP) is 5.00. The molecular formula is C29H26FN9O2. The monoisotopic (exact) mass is 551 g/mol. The molecule has 3 aromatic heterocycles. The molecule has 0 bridgehead atoms. The van der Waals surface area contributed by atoms with Gasteiger partial charge in [-0.15, -0.1) is 0 Å². The van der Waals surface area contributed by atoms with Crippen LogP contribution >= 0.6 is 0 Å².